The Morgan fingerprint density at radius 3 is 2.84 bits per heavy atom. The molecule has 0 aliphatic heterocycles. The maximum atomic E-state index is 6.44. The molecule has 1 aromatic carbocycles. The second kappa shape index (κ2) is 4.49. The van der Waals surface area contributed by atoms with Crippen molar-refractivity contribution in [1.29, 1.82) is 0 Å². The van der Waals surface area contributed by atoms with Crippen LogP contribution in [0.2, 0.25) is 5.15 Å². The predicted octanol–water partition coefficient (Wildman–Crippen LogP) is 5.11. The second-order valence-electron chi connectivity index (χ2n) is 6.00. The van der Waals surface area contributed by atoms with Gasteiger partial charge in [-0.25, -0.2) is 4.98 Å². The number of hydrogen-bond donors (Lipinski definition) is 0. The third-order valence-electron chi connectivity index (χ3n) is 5.03. The minimum atomic E-state index is 0.725. The van der Waals surface area contributed by atoms with Crippen molar-refractivity contribution >= 4 is 22.5 Å². The van der Waals surface area contributed by atoms with Gasteiger partial charge in [-0.2, -0.15) is 0 Å². The smallest absolute Gasteiger partial charge is 0.133 e. The zero-order valence-electron chi connectivity index (χ0n) is 11.0. The molecule has 2 aliphatic carbocycles. The lowest BCUT2D eigenvalue weighted by Crippen LogP contribution is -2.24. The third-order valence-corrected chi connectivity index (χ3v) is 5.34. The Kier molecular flexibility index (Phi) is 2.77. The van der Waals surface area contributed by atoms with Gasteiger partial charge in [-0.3, -0.25) is 0 Å². The van der Waals surface area contributed by atoms with Crippen LogP contribution in [0.15, 0.2) is 24.3 Å². The van der Waals surface area contributed by atoms with E-state index in [4.69, 9.17) is 11.6 Å². The van der Waals surface area contributed by atoms with Crippen molar-refractivity contribution in [3.05, 3.63) is 40.5 Å². The highest BCUT2D eigenvalue weighted by atomic mass is 35.5. The van der Waals surface area contributed by atoms with Gasteiger partial charge in [0, 0.05) is 5.39 Å². The fraction of sp³-hybridized carbons (Fsp3) is 0.471. The Bertz CT molecular complexity index is 634. The van der Waals surface area contributed by atoms with Crippen LogP contribution in [0.4, 0.5) is 0 Å². The van der Waals surface area contributed by atoms with Gasteiger partial charge in [-0.1, -0.05) is 42.6 Å². The van der Waals surface area contributed by atoms with Gasteiger partial charge in [-0.15, -0.1) is 0 Å². The number of halogens is 1. The van der Waals surface area contributed by atoms with Crippen LogP contribution in [0.1, 0.15) is 49.1 Å². The zero-order chi connectivity index (χ0) is 12.8. The first-order chi connectivity index (χ1) is 9.34. The molecule has 1 fully saturated rings. The third kappa shape index (κ3) is 1.79. The molecule has 0 unspecified atom stereocenters. The molecule has 1 nitrogen and oxygen atoms in total. The standard InChI is InChI=1S/C17H18ClN/c18-17-14-10-9-11-5-1-2-6-12(11)16(14)13-7-3-4-8-15(13)19-17/h3-4,7-8,11-12H,1-2,5-6,9-10H2/t11-,12+/m0/s1. The maximum absolute atomic E-state index is 6.44. The van der Waals surface area contributed by atoms with E-state index in [0.717, 1.165) is 28.9 Å². The lowest BCUT2D eigenvalue weighted by atomic mass is 9.67. The molecule has 2 heteroatoms. The van der Waals surface area contributed by atoms with E-state index in [-0.39, 0.29) is 0 Å². The lowest BCUT2D eigenvalue weighted by molar-refractivity contribution is 0.277. The van der Waals surface area contributed by atoms with E-state index in [1.807, 2.05) is 0 Å². The molecule has 1 heterocycles. The van der Waals surface area contributed by atoms with Crippen LogP contribution in [-0.4, -0.2) is 4.98 Å². The molecule has 1 saturated carbocycles. The van der Waals surface area contributed by atoms with Crippen LogP contribution < -0.4 is 0 Å². The average molecular weight is 272 g/mol. The zero-order valence-corrected chi connectivity index (χ0v) is 11.8. The van der Waals surface area contributed by atoms with Gasteiger partial charge in [0.2, 0.25) is 0 Å². The fourth-order valence-corrected chi connectivity index (χ4v) is 4.46. The molecule has 0 N–H and O–H groups in total. The second-order valence-corrected chi connectivity index (χ2v) is 6.36. The van der Waals surface area contributed by atoms with E-state index in [9.17, 15) is 0 Å². The molecule has 0 amide bonds. The molecule has 0 bridgehead atoms. The van der Waals surface area contributed by atoms with Crippen molar-refractivity contribution in [2.45, 2.75) is 44.4 Å². The van der Waals surface area contributed by atoms with Crippen LogP contribution >= 0.6 is 11.6 Å². The summed E-state index contributed by atoms with van der Waals surface area (Å²) in [6.07, 6.45) is 7.94. The van der Waals surface area contributed by atoms with Crippen LogP contribution in [0.3, 0.4) is 0 Å². The topological polar surface area (TPSA) is 12.9 Å². The quantitative estimate of drug-likeness (QED) is 0.607. The average Bonchev–Trinajstić information content (AvgIpc) is 2.47. The summed E-state index contributed by atoms with van der Waals surface area (Å²) in [6, 6.07) is 8.51. The Morgan fingerprint density at radius 1 is 1.05 bits per heavy atom. The highest BCUT2D eigenvalue weighted by molar-refractivity contribution is 6.30. The molecule has 1 aromatic heterocycles. The van der Waals surface area contributed by atoms with E-state index in [0.29, 0.717) is 0 Å². The minimum absolute atomic E-state index is 0.725. The lowest BCUT2D eigenvalue weighted by Gasteiger charge is -2.38. The summed E-state index contributed by atoms with van der Waals surface area (Å²) in [4.78, 5) is 4.59. The van der Waals surface area contributed by atoms with E-state index >= 15 is 0 Å². The van der Waals surface area contributed by atoms with Gasteiger partial charge in [0.25, 0.3) is 0 Å². The first-order valence-electron chi connectivity index (χ1n) is 7.41. The van der Waals surface area contributed by atoms with Crippen LogP contribution in [-0.2, 0) is 6.42 Å². The molecule has 0 saturated heterocycles. The van der Waals surface area contributed by atoms with E-state index < -0.39 is 0 Å². The Morgan fingerprint density at radius 2 is 1.89 bits per heavy atom. The molecule has 98 valence electrons. The largest absolute Gasteiger partial charge is 0.236 e. The summed E-state index contributed by atoms with van der Waals surface area (Å²) in [7, 11) is 0. The molecule has 19 heavy (non-hydrogen) atoms. The molecule has 0 spiro atoms. The molecule has 0 radical (unpaired) electrons. The van der Waals surface area contributed by atoms with Crippen LogP contribution in [0, 0.1) is 5.92 Å². The molecule has 2 atom stereocenters. The Hall–Kier alpha value is -1.08. The Balaban J connectivity index is 1.99. The normalized spacial score (nSPS) is 25.9. The molecule has 2 aromatic rings. The number of hydrogen-bond acceptors (Lipinski definition) is 1. The number of pyridine rings is 1. The number of nitrogens with zero attached hydrogens (tertiary/aromatic N) is 1. The fourth-order valence-electron chi connectivity index (χ4n) is 4.17. The molecule has 2 aliphatic rings. The summed E-state index contributed by atoms with van der Waals surface area (Å²) >= 11 is 6.44. The summed E-state index contributed by atoms with van der Waals surface area (Å²) in [6.45, 7) is 0. The predicted molar refractivity (Wildman–Crippen MR) is 79.8 cm³/mol. The van der Waals surface area contributed by atoms with Gasteiger partial charge < -0.3 is 0 Å². The number of fused-ring (bicyclic) bond motifs is 5. The Labute approximate surface area is 119 Å². The van der Waals surface area contributed by atoms with Gasteiger partial charge in [0.05, 0.1) is 5.52 Å². The number of rotatable bonds is 0. The summed E-state index contributed by atoms with van der Waals surface area (Å²) in [5, 5.41) is 2.09. The first kappa shape index (κ1) is 11.7. The van der Waals surface area contributed by atoms with Gasteiger partial charge in [0.15, 0.2) is 0 Å². The van der Waals surface area contributed by atoms with E-state index in [2.05, 4.69) is 29.2 Å². The minimum Gasteiger partial charge on any atom is -0.236 e. The summed E-state index contributed by atoms with van der Waals surface area (Å²) < 4.78 is 0. The molecular weight excluding hydrogens is 254 g/mol. The van der Waals surface area contributed by atoms with Crippen molar-refractivity contribution in [3.63, 3.8) is 0 Å². The van der Waals surface area contributed by atoms with Gasteiger partial charge >= 0.3 is 0 Å². The van der Waals surface area contributed by atoms with Gasteiger partial charge in [-0.05, 0) is 54.7 Å². The number of para-hydroxylation sites is 1. The molecular formula is C17H18ClN. The van der Waals surface area contributed by atoms with Gasteiger partial charge in [0.1, 0.15) is 5.15 Å². The number of benzene rings is 1. The maximum Gasteiger partial charge on any atom is 0.133 e. The molecule has 4 rings (SSSR count). The van der Waals surface area contributed by atoms with E-state index in [1.54, 1.807) is 0 Å². The van der Waals surface area contributed by atoms with Crippen molar-refractivity contribution in [2.24, 2.45) is 5.92 Å². The summed E-state index contributed by atoms with van der Waals surface area (Å²) in [5.41, 5.74) is 3.94. The first-order valence-corrected chi connectivity index (χ1v) is 7.79. The monoisotopic (exact) mass is 271 g/mol. The van der Waals surface area contributed by atoms with Crippen molar-refractivity contribution in [2.75, 3.05) is 0 Å². The van der Waals surface area contributed by atoms with Crippen LogP contribution in [0.25, 0.3) is 10.9 Å². The van der Waals surface area contributed by atoms with Crippen molar-refractivity contribution in [3.8, 4) is 0 Å². The van der Waals surface area contributed by atoms with Crippen molar-refractivity contribution < 1.29 is 0 Å². The van der Waals surface area contributed by atoms with Crippen LogP contribution in [0.5, 0.6) is 0 Å². The van der Waals surface area contributed by atoms with E-state index in [1.165, 1.54) is 48.6 Å². The highest BCUT2D eigenvalue weighted by Gasteiger charge is 2.34. The number of aromatic nitrogens is 1. The summed E-state index contributed by atoms with van der Waals surface area (Å²) in [5.74, 6) is 1.60. The van der Waals surface area contributed by atoms with Crippen molar-refractivity contribution in [1.82, 2.24) is 4.98 Å². The SMILES string of the molecule is Clc1nc2ccccc2c2c1CC[C@@H]1CCCC[C@@H]21. The highest BCUT2D eigenvalue weighted by Crippen LogP contribution is 2.48.